The molecule has 2 saturated heterocycles. The number of fused-ring (bicyclic) bond motifs is 1. The summed E-state index contributed by atoms with van der Waals surface area (Å²) >= 11 is 6.25. The molecule has 30 heavy (non-hydrogen) atoms. The summed E-state index contributed by atoms with van der Waals surface area (Å²) in [5, 5.41) is 2.24. The van der Waals surface area contributed by atoms with Gasteiger partial charge in [0.15, 0.2) is 6.10 Å². The number of imide groups is 1. The first-order valence-corrected chi connectivity index (χ1v) is 10.1. The van der Waals surface area contributed by atoms with E-state index in [0.29, 0.717) is 10.7 Å². The number of hydroxylamine groups is 1. The molecule has 0 N–H and O–H groups in total. The van der Waals surface area contributed by atoms with Gasteiger partial charge in [0.2, 0.25) is 5.91 Å². The standard InChI is InChI=1S/C24H19ClN2O3/c1-15-7-5-12-19(13-15)26-23(28)20-21(16-8-6-9-17(25)14-16)27(30-22(20)24(26)29)18-10-3-2-4-11-18/h2-14,20-22H,1H3/t20-,21-,22+/m0/s1. The average molecular weight is 419 g/mol. The number of halogens is 1. The maximum Gasteiger partial charge on any atom is 0.266 e. The summed E-state index contributed by atoms with van der Waals surface area (Å²) < 4.78 is 0. The van der Waals surface area contributed by atoms with Crippen LogP contribution in [0, 0.1) is 12.8 Å². The summed E-state index contributed by atoms with van der Waals surface area (Å²) in [6.45, 7) is 1.93. The van der Waals surface area contributed by atoms with E-state index in [4.69, 9.17) is 16.4 Å². The molecule has 5 rings (SSSR count). The number of benzene rings is 3. The van der Waals surface area contributed by atoms with E-state index in [1.54, 1.807) is 17.2 Å². The minimum absolute atomic E-state index is 0.265. The highest BCUT2D eigenvalue weighted by Crippen LogP contribution is 2.47. The monoisotopic (exact) mass is 418 g/mol. The van der Waals surface area contributed by atoms with E-state index in [0.717, 1.165) is 16.8 Å². The van der Waals surface area contributed by atoms with E-state index in [1.807, 2.05) is 73.7 Å². The molecule has 2 aliphatic heterocycles. The fourth-order valence-electron chi connectivity index (χ4n) is 4.26. The first-order chi connectivity index (χ1) is 14.5. The SMILES string of the molecule is Cc1cccc(N2C(=O)[C@@H]3[C@@H](ON(c4ccccc4)[C@H]3c3cccc(Cl)c3)C2=O)c1. The second kappa shape index (κ2) is 7.27. The molecule has 0 aromatic heterocycles. The molecular formula is C24H19ClN2O3. The van der Waals surface area contributed by atoms with Crippen molar-refractivity contribution in [3.8, 4) is 0 Å². The summed E-state index contributed by atoms with van der Waals surface area (Å²) in [5.41, 5.74) is 3.15. The third-order valence-electron chi connectivity index (χ3n) is 5.58. The van der Waals surface area contributed by atoms with Crippen LogP contribution in [-0.4, -0.2) is 17.9 Å². The molecule has 150 valence electrons. The highest BCUT2D eigenvalue weighted by Gasteiger charge is 2.60. The molecule has 5 nitrogen and oxygen atoms in total. The van der Waals surface area contributed by atoms with Gasteiger partial charge >= 0.3 is 0 Å². The van der Waals surface area contributed by atoms with Gasteiger partial charge < -0.3 is 0 Å². The zero-order valence-corrected chi connectivity index (χ0v) is 17.0. The van der Waals surface area contributed by atoms with E-state index < -0.39 is 18.1 Å². The molecule has 3 aromatic rings. The lowest BCUT2D eigenvalue weighted by molar-refractivity contribution is -0.126. The Kier molecular flexibility index (Phi) is 4.57. The van der Waals surface area contributed by atoms with Crippen molar-refractivity contribution in [3.63, 3.8) is 0 Å². The number of hydrogen-bond donors (Lipinski definition) is 0. The van der Waals surface area contributed by atoms with Crippen molar-refractivity contribution in [2.75, 3.05) is 9.96 Å². The first kappa shape index (κ1) is 18.9. The van der Waals surface area contributed by atoms with Gasteiger partial charge in [-0.15, -0.1) is 0 Å². The highest BCUT2D eigenvalue weighted by molar-refractivity contribution is 6.30. The smallest absolute Gasteiger partial charge is 0.266 e. The minimum atomic E-state index is -0.887. The van der Waals surface area contributed by atoms with Crippen LogP contribution in [0.4, 0.5) is 11.4 Å². The lowest BCUT2D eigenvalue weighted by Crippen LogP contribution is -2.37. The number of anilines is 2. The summed E-state index contributed by atoms with van der Waals surface area (Å²) in [4.78, 5) is 34.2. The molecule has 2 heterocycles. The van der Waals surface area contributed by atoms with Crippen molar-refractivity contribution in [1.82, 2.24) is 0 Å². The van der Waals surface area contributed by atoms with Crippen LogP contribution in [0.2, 0.25) is 5.02 Å². The molecule has 0 bridgehead atoms. The Hall–Kier alpha value is -3.15. The number of rotatable bonds is 3. The van der Waals surface area contributed by atoms with Crippen LogP contribution in [0.3, 0.4) is 0 Å². The van der Waals surface area contributed by atoms with E-state index >= 15 is 0 Å². The summed E-state index contributed by atoms with van der Waals surface area (Å²) in [7, 11) is 0. The third kappa shape index (κ3) is 2.98. The van der Waals surface area contributed by atoms with Crippen molar-refractivity contribution >= 4 is 34.8 Å². The van der Waals surface area contributed by atoms with Gasteiger partial charge in [-0.1, -0.05) is 54.1 Å². The summed E-state index contributed by atoms with van der Waals surface area (Å²) in [6, 6.07) is 23.7. The van der Waals surface area contributed by atoms with Crippen LogP contribution in [0.25, 0.3) is 0 Å². The van der Waals surface area contributed by atoms with Gasteiger partial charge in [0.25, 0.3) is 5.91 Å². The van der Waals surface area contributed by atoms with E-state index in [1.165, 1.54) is 4.90 Å². The van der Waals surface area contributed by atoms with Crippen LogP contribution in [-0.2, 0) is 14.4 Å². The van der Waals surface area contributed by atoms with Gasteiger partial charge in [0.1, 0.15) is 5.92 Å². The van der Waals surface area contributed by atoms with Crippen LogP contribution in [0.1, 0.15) is 17.2 Å². The lowest BCUT2D eigenvalue weighted by Gasteiger charge is -2.28. The molecule has 6 heteroatoms. The Balaban J connectivity index is 1.60. The van der Waals surface area contributed by atoms with E-state index in [-0.39, 0.29) is 11.8 Å². The number of carbonyl (C=O) groups excluding carboxylic acids is 2. The first-order valence-electron chi connectivity index (χ1n) is 9.75. The average Bonchev–Trinajstić information content (AvgIpc) is 3.25. The molecule has 2 fully saturated rings. The fourth-order valence-corrected chi connectivity index (χ4v) is 4.46. The van der Waals surface area contributed by atoms with Crippen molar-refractivity contribution in [2.24, 2.45) is 5.92 Å². The second-order valence-electron chi connectivity index (χ2n) is 7.56. The zero-order valence-electron chi connectivity index (χ0n) is 16.2. The van der Waals surface area contributed by atoms with E-state index in [9.17, 15) is 9.59 Å². The second-order valence-corrected chi connectivity index (χ2v) is 8.00. The largest absolute Gasteiger partial charge is 0.273 e. The lowest BCUT2D eigenvalue weighted by atomic mass is 9.90. The third-order valence-corrected chi connectivity index (χ3v) is 5.81. The quantitative estimate of drug-likeness (QED) is 0.578. The topological polar surface area (TPSA) is 49.9 Å². The van der Waals surface area contributed by atoms with Crippen molar-refractivity contribution in [2.45, 2.75) is 19.1 Å². The van der Waals surface area contributed by atoms with Crippen molar-refractivity contribution in [3.05, 3.63) is 95.0 Å². The number of aryl methyl sites for hydroxylation is 1. The summed E-state index contributed by atoms with van der Waals surface area (Å²) in [6.07, 6.45) is -0.887. The number of hydrogen-bond acceptors (Lipinski definition) is 4. The maximum absolute atomic E-state index is 13.5. The molecule has 0 unspecified atom stereocenters. The minimum Gasteiger partial charge on any atom is -0.273 e. The molecule has 2 amide bonds. The van der Waals surface area contributed by atoms with Crippen molar-refractivity contribution < 1.29 is 14.4 Å². The van der Waals surface area contributed by atoms with Crippen LogP contribution >= 0.6 is 11.6 Å². The molecule has 3 atom stereocenters. The molecular weight excluding hydrogens is 400 g/mol. The Labute approximate surface area is 179 Å². The predicted octanol–water partition coefficient (Wildman–Crippen LogP) is 4.70. The number of carbonyl (C=O) groups is 2. The van der Waals surface area contributed by atoms with E-state index in [2.05, 4.69) is 0 Å². The Morgan fingerprint density at radius 3 is 2.30 bits per heavy atom. The molecule has 0 spiro atoms. The molecule has 0 radical (unpaired) electrons. The van der Waals surface area contributed by atoms with Crippen molar-refractivity contribution in [1.29, 1.82) is 0 Å². The van der Waals surface area contributed by atoms with Gasteiger partial charge in [-0.25, -0.2) is 9.96 Å². The number of para-hydroxylation sites is 1. The van der Waals surface area contributed by atoms with Crippen LogP contribution in [0.15, 0.2) is 78.9 Å². The number of amides is 2. The van der Waals surface area contributed by atoms with Gasteiger partial charge in [-0.3, -0.25) is 14.4 Å². The highest BCUT2D eigenvalue weighted by atomic mass is 35.5. The van der Waals surface area contributed by atoms with Gasteiger partial charge in [0, 0.05) is 5.02 Å². The predicted molar refractivity (Wildman–Crippen MR) is 115 cm³/mol. The van der Waals surface area contributed by atoms with Gasteiger partial charge in [-0.05, 0) is 54.4 Å². The Morgan fingerprint density at radius 1 is 0.833 bits per heavy atom. The van der Waals surface area contributed by atoms with Crippen LogP contribution < -0.4 is 9.96 Å². The van der Waals surface area contributed by atoms with Gasteiger partial charge in [0.05, 0.1) is 17.4 Å². The Bertz CT molecular complexity index is 1130. The van der Waals surface area contributed by atoms with Gasteiger partial charge in [-0.2, -0.15) is 0 Å². The van der Waals surface area contributed by atoms with Crippen LogP contribution in [0.5, 0.6) is 0 Å². The number of nitrogens with zero attached hydrogens (tertiary/aromatic N) is 2. The maximum atomic E-state index is 13.5. The molecule has 3 aromatic carbocycles. The molecule has 0 aliphatic carbocycles. The zero-order chi connectivity index (χ0) is 20.8. The summed E-state index contributed by atoms with van der Waals surface area (Å²) in [5.74, 6) is -1.28. The fraction of sp³-hybridized carbons (Fsp3) is 0.167. The normalized spacial score (nSPS) is 23.2. The molecule has 2 aliphatic rings. The molecule has 0 saturated carbocycles. The Morgan fingerprint density at radius 2 is 1.57 bits per heavy atom.